The zero-order chi connectivity index (χ0) is 21.0. The van der Waals surface area contributed by atoms with Crippen LogP contribution >= 0.6 is 11.6 Å². The molecule has 2 aromatic carbocycles. The number of aryl methyl sites for hydroxylation is 1. The van der Waals surface area contributed by atoms with E-state index in [1.807, 2.05) is 6.07 Å². The van der Waals surface area contributed by atoms with E-state index in [9.17, 15) is 20.2 Å². The fourth-order valence-electron chi connectivity index (χ4n) is 2.59. The molecule has 0 unspecified atom stereocenters. The van der Waals surface area contributed by atoms with Crippen molar-refractivity contribution in [2.45, 2.75) is 6.92 Å². The van der Waals surface area contributed by atoms with Crippen LogP contribution in [0.1, 0.15) is 11.3 Å². The second-order valence-corrected chi connectivity index (χ2v) is 6.47. The zero-order valence-electron chi connectivity index (χ0n) is 15.2. The number of para-hydroxylation sites is 1. The highest BCUT2D eigenvalue weighted by Gasteiger charge is 2.14. The minimum atomic E-state index is -0.614. The lowest BCUT2D eigenvalue weighted by atomic mass is 10.1. The first-order valence-corrected chi connectivity index (χ1v) is 8.80. The van der Waals surface area contributed by atoms with Crippen LogP contribution in [0, 0.1) is 28.4 Å². The normalized spacial score (nSPS) is 11.0. The molecule has 0 fully saturated rings. The molecule has 0 radical (unpaired) electrons. The quantitative estimate of drug-likeness (QED) is 0.265. The van der Waals surface area contributed by atoms with Crippen molar-refractivity contribution in [1.29, 1.82) is 5.26 Å². The van der Waals surface area contributed by atoms with Gasteiger partial charge in [0.15, 0.2) is 0 Å². The third kappa shape index (κ3) is 4.51. The number of nitrogens with zero attached hydrogens (tertiary/aromatic N) is 2. The van der Waals surface area contributed by atoms with Gasteiger partial charge >= 0.3 is 0 Å². The van der Waals surface area contributed by atoms with Crippen molar-refractivity contribution in [3.05, 3.63) is 86.6 Å². The molecular weight excluding hydrogens is 394 g/mol. The summed E-state index contributed by atoms with van der Waals surface area (Å²) >= 11 is 6.11. The van der Waals surface area contributed by atoms with E-state index < -0.39 is 10.8 Å². The monoisotopic (exact) mass is 407 g/mol. The van der Waals surface area contributed by atoms with E-state index in [1.165, 1.54) is 18.2 Å². The minimum Gasteiger partial charge on any atom is -0.457 e. The summed E-state index contributed by atoms with van der Waals surface area (Å²) in [5.74, 6) is 0.128. The second kappa shape index (κ2) is 8.42. The number of carbonyl (C=O) groups is 1. The van der Waals surface area contributed by atoms with Crippen LogP contribution in [0.2, 0.25) is 5.02 Å². The number of carbonyl (C=O) groups excluding carboxylic acids is 1. The van der Waals surface area contributed by atoms with E-state index in [-0.39, 0.29) is 11.3 Å². The van der Waals surface area contributed by atoms with Crippen molar-refractivity contribution < 1.29 is 14.1 Å². The third-order valence-corrected chi connectivity index (χ3v) is 4.42. The number of anilines is 1. The molecule has 7 nitrogen and oxygen atoms in total. The van der Waals surface area contributed by atoms with E-state index in [4.69, 9.17) is 16.0 Å². The summed E-state index contributed by atoms with van der Waals surface area (Å²) in [7, 11) is 0. The number of nitriles is 1. The van der Waals surface area contributed by atoms with Crippen LogP contribution in [0.5, 0.6) is 0 Å². The summed E-state index contributed by atoms with van der Waals surface area (Å²) in [6.07, 6.45) is 1.32. The Morgan fingerprint density at radius 1 is 1.21 bits per heavy atom. The van der Waals surface area contributed by atoms with Gasteiger partial charge in [0.1, 0.15) is 23.2 Å². The summed E-state index contributed by atoms with van der Waals surface area (Å²) in [6, 6.07) is 16.1. The molecule has 0 atom stereocenters. The van der Waals surface area contributed by atoms with Crippen LogP contribution in [0.25, 0.3) is 17.4 Å². The first kappa shape index (κ1) is 19.9. The van der Waals surface area contributed by atoms with Crippen molar-refractivity contribution in [3.8, 4) is 17.4 Å². The molecule has 144 valence electrons. The Hall–Kier alpha value is -3.89. The van der Waals surface area contributed by atoms with Crippen molar-refractivity contribution in [2.24, 2.45) is 0 Å². The molecule has 8 heteroatoms. The van der Waals surface area contributed by atoms with Gasteiger partial charge in [-0.25, -0.2) is 0 Å². The maximum Gasteiger partial charge on any atom is 0.269 e. The average molecular weight is 408 g/mol. The summed E-state index contributed by atoms with van der Waals surface area (Å²) in [5.41, 5.74) is 1.64. The standard InChI is InChI=1S/C21H14ClN3O4/c1-13-3-2-4-18(22)20(13)24-21(26)15(12-23)11-17-9-10-19(29-17)14-5-7-16(8-6-14)25(27)28/h2-11H,1H3,(H,24,26)/b15-11+. The van der Waals surface area contributed by atoms with Crippen LogP contribution in [0.3, 0.4) is 0 Å². The molecule has 29 heavy (non-hydrogen) atoms. The number of nitro benzene ring substituents is 1. The van der Waals surface area contributed by atoms with Gasteiger partial charge in [0, 0.05) is 23.8 Å². The van der Waals surface area contributed by atoms with E-state index in [0.717, 1.165) is 5.56 Å². The number of hydrogen-bond donors (Lipinski definition) is 1. The van der Waals surface area contributed by atoms with Gasteiger partial charge in [-0.2, -0.15) is 5.26 Å². The van der Waals surface area contributed by atoms with Crippen molar-refractivity contribution >= 4 is 35.0 Å². The average Bonchev–Trinajstić information content (AvgIpc) is 3.17. The molecular formula is C21H14ClN3O4. The number of furan rings is 1. The maximum absolute atomic E-state index is 12.5. The Morgan fingerprint density at radius 3 is 2.55 bits per heavy atom. The van der Waals surface area contributed by atoms with E-state index in [0.29, 0.717) is 27.8 Å². The van der Waals surface area contributed by atoms with Gasteiger partial charge in [0.25, 0.3) is 11.6 Å². The summed E-state index contributed by atoms with van der Waals surface area (Å²) in [6.45, 7) is 1.79. The molecule has 0 aliphatic rings. The SMILES string of the molecule is Cc1cccc(Cl)c1NC(=O)/C(C#N)=C/c1ccc(-c2ccc([N+](=O)[O-])cc2)o1. The number of nitro groups is 1. The predicted molar refractivity (Wildman–Crippen MR) is 109 cm³/mol. The number of nitrogens with one attached hydrogen (secondary N) is 1. The Morgan fingerprint density at radius 2 is 1.93 bits per heavy atom. The van der Waals surface area contributed by atoms with Crippen molar-refractivity contribution in [2.75, 3.05) is 5.32 Å². The minimum absolute atomic E-state index is 0.0290. The van der Waals surface area contributed by atoms with E-state index in [1.54, 1.807) is 49.4 Å². The van der Waals surface area contributed by atoms with Crippen LogP contribution in [-0.2, 0) is 4.79 Å². The lowest BCUT2D eigenvalue weighted by Crippen LogP contribution is -2.14. The van der Waals surface area contributed by atoms with Gasteiger partial charge < -0.3 is 9.73 Å². The molecule has 0 spiro atoms. The molecule has 0 saturated heterocycles. The van der Waals surface area contributed by atoms with Crippen LogP contribution in [0.4, 0.5) is 11.4 Å². The number of amides is 1. The van der Waals surface area contributed by atoms with Crippen molar-refractivity contribution in [1.82, 2.24) is 0 Å². The fraction of sp³-hybridized carbons (Fsp3) is 0.0476. The predicted octanol–water partition coefficient (Wildman–Crippen LogP) is 5.36. The highest BCUT2D eigenvalue weighted by molar-refractivity contribution is 6.34. The molecule has 1 heterocycles. The molecule has 3 rings (SSSR count). The van der Waals surface area contributed by atoms with Gasteiger partial charge in [-0.3, -0.25) is 14.9 Å². The number of rotatable bonds is 5. The van der Waals surface area contributed by atoms with Gasteiger partial charge in [-0.05, 0) is 42.8 Å². The highest BCUT2D eigenvalue weighted by Crippen LogP contribution is 2.27. The molecule has 3 aromatic rings. The summed E-state index contributed by atoms with van der Waals surface area (Å²) in [4.78, 5) is 22.7. The zero-order valence-corrected chi connectivity index (χ0v) is 15.9. The Balaban J connectivity index is 1.82. The van der Waals surface area contributed by atoms with Crippen LogP contribution in [-0.4, -0.2) is 10.8 Å². The smallest absolute Gasteiger partial charge is 0.269 e. The summed E-state index contributed by atoms with van der Waals surface area (Å²) < 4.78 is 5.65. The molecule has 1 aromatic heterocycles. The molecule has 1 amide bonds. The molecule has 1 N–H and O–H groups in total. The number of halogens is 1. The first-order valence-electron chi connectivity index (χ1n) is 8.42. The molecule has 0 saturated carbocycles. The van der Waals surface area contributed by atoms with Gasteiger partial charge in [-0.1, -0.05) is 23.7 Å². The van der Waals surface area contributed by atoms with Gasteiger partial charge in [-0.15, -0.1) is 0 Å². The number of non-ortho nitro benzene ring substituents is 1. The third-order valence-electron chi connectivity index (χ3n) is 4.10. The van der Waals surface area contributed by atoms with Gasteiger partial charge in [0.2, 0.25) is 0 Å². The number of hydrogen-bond acceptors (Lipinski definition) is 5. The highest BCUT2D eigenvalue weighted by atomic mass is 35.5. The molecule has 0 bridgehead atoms. The van der Waals surface area contributed by atoms with E-state index in [2.05, 4.69) is 5.32 Å². The van der Waals surface area contributed by atoms with Crippen LogP contribution < -0.4 is 5.32 Å². The summed E-state index contributed by atoms with van der Waals surface area (Å²) in [5, 5.41) is 23.1. The van der Waals surface area contributed by atoms with Crippen LogP contribution in [0.15, 0.2) is 64.6 Å². The lowest BCUT2D eigenvalue weighted by Gasteiger charge is -2.09. The lowest BCUT2D eigenvalue weighted by molar-refractivity contribution is -0.384. The molecule has 0 aliphatic carbocycles. The second-order valence-electron chi connectivity index (χ2n) is 6.06. The van der Waals surface area contributed by atoms with Crippen molar-refractivity contribution in [3.63, 3.8) is 0 Å². The Bertz CT molecular complexity index is 1140. The Labute approximate surface area is 171 Å². The fourth-order valence-corrected chi connectivity index (χ4v) is 2.86. The largest absolute Gasteiger partial charge is 0.457 e. The maximum atomic E-state index is 12.5. The molecule has 0 aliphatic heterocycles. The number of benzene rings is 2. The van der Waals surface area contributed by atoms with E-state index >= 15 is 0 Å². The topological polar surface area (TPSA) is 109 Å². The Kier molecular flexibility index (Phi) is 5.77. The first-order chi connectivity index (χ1) is 13.9. The van der Waals surface area contributed by atoms with Gasteiger partial charge in [0.05, 0.1) is 15.6 Å².